The molecule has 2 aromatic rings. The van der Waals surface area contributed by atoms with Gasteiger partial charge in [-0.15, -0.1) is 18.5 Å². The van der Waals surface area contributed by atoms with E-state index in [1.807, 2.05) is 46.1 Å². The molecule has 132 valence electrons. The van der Waals surface area contributed by atoms with E-state index in [0.717, 1.165) is 28.4 Å². The molecule has 0 aliphatic carbocycles. The van der Waals surface area contributed by atoms with E-state index in [9.17, 15) is 0 Å². The number of aromatic nitrogens is 2. The molecule has 3 nitrogen and oxygen atoms in total. The van der Waals surface area contributed by atoms with Crippen LogP contribution in [0.4, 0.5) is 0 Å². The lowest BCUT2D eigenvalue weighted by atomic mass is 9.86. The van der Waals surface area contributed by atoms with Crippen LogP contribution in [-0.2, 0) is 4.90 Å². The Morgan fingerprint density at radius 1 is 1.24 bits per heavy atom. The van der Waals surface area contributed by atoms with Crippen LogP contribution in [0.1, 0.15) is 37.9 Å². The van der Waals surface area contributed by atoms with E-state index in [1.165, 1.54) is 0 Å². The maximum absolute atomic E-state index is 5.89. The zero-order valence-electron chi connectivity index (χ0n) is 15.7. The Morgan fingerprint density at radius 2 is 1.84 bits per heavy atom. The van der Waals surface area contributed by atoms with Crippen LogP contribution in [0.3, 0.4) is 0 Å². The van der Waals surface area contributed by atoms with Crippen LogP contribution in [0.5, 0.6) is 5.75 Å². The molecule has 0 radical (unpaired) electrons. The smallest absolute Gasteiger partial charge is 0.158 e. The molecule has 0 aliphatic heterocycles. The van der Waals surface area contributed by atoms with Gasteiger partial charge in [-0.1, -0.05) is 24.8 Å². The van der Waals surface area contributed by atoms with Gasteiger partial charge in [-0.05, 0) is 51.0 Å². The summed E-state index contributed by atoms with van der Waals surface area (Å²) in [5, 5.41) is 0. The summed E-state index contributed by atoms with van der Waals surface area (Å²) in [5.41, 5.74) is 3.00. The molecule has 2 unspecified atom stereocenters. The molecule has 0 saturated carbocycles. The lowest BCUT2D eigenvalue weighted by molar-refractivity contribution is 0.198. The summed E-state index contributed by atoms with van der Waals surface area (Å²) in [4.78, 5) is 4.35. The predicted octanol–water partition coefficient (Wildman–Crippen LogP) is 4.05. The second-order valence-corrected chi connectivity index (χ2v) is 10.5. The maximum Gasteiger partial charge on any atom is 0.158 e. The van der Waals surface area contributed by atoms with E-state index in [-0.39, 0.29) is 10.4 Å². The van der Waals surface area contributed by atoms with Gasteiger partial charge in [0.15, 0.2) is 7.85 Å². The highest BCUT2D eigenvalue weighted by Crippen LogP contribution is 2.37. The third-order valence-corrected chi connectivity index (χ3v) is 4.08. The summed E-state index contributed by atoms with van der Waals surface area (Å²) in [6.45, 7) is 12.2. The molecule has 1 aromatic heterocycles. The minimum absolute atomic E-state index is 0.193. The third-order valence-electron chi connectivity index (χ3n) is 3.56. The van der Waals surface area contributed by atoms with Crippen molar-refractivity contribution in [3.63, 3.8) is 0 Å². The molecular weight excluding hydrogens is 345 g/mol. The molecule has 0 N–H and O–H groups in total. The first-order chi connectivity index (χ1) is 11.5. The lowest BCUT2D eigenvalue weighted by Gasteiger charge is -2.21. The number of hydrogen-bond acceptors (Lipinski definition) is 2. The summed E-state index contributed by atoms with van der Waals surface area (Å²) in [7, 11) is 7.67. The second-order valence-electron chi connectivity index (χ2n) is 7.40. The van der Waals surface area contributed by atoms with Gasteiger partial charge in [0.05, 0.1) is 10.4 Å². The quantitative estimate of drug-likeness (QED) is 0.435. The summed E-state index contributed by atoms with van der Waals surface area (Å²) in [6.07, 6.45) is 5.83. The fraction of sp³-hybridized carbons (Fsp3) is 0.316. The van der Waals surface area contributed by atoms with Crippen molar-refractivity contribution in [1.29, 1.82) is 0 Å². The van der Waals surface area contributed by atoms with Gasteiger partial charge in [-0.25, -0.2) is 4.98 Å². The predicted molar refractivity (Wildman–Crippen MR) is 118 cm³/mol. The van der Waals surface area contributed by atoms with E-state index < -0.39 is 0 Å². The molecule has 0 saturated heterocycles. The van der Waals surface area contributed by atoms with Crippen molar-refractivity contribution in [2.45, 2.75) is 38.1 Å². The first-order valence-corrected chi connectivity index (χ1v) is 9.42. The van der Waals surface area contributed by atoms with Crippen LogP contribution in [0.15, 0.2) is 43.1 Å². The van der Waals surface area contributed by atoms with Crippen LogP contribution < -0.4 is 4.74 Å². The number of imidazole rings is 1. The van der Waals surface area contributed by atoms with Gasteiger partial charge >= 0.3 is 0 Å². The molecule has 0 fully saturated rings. The topological polar surface area (TPSA) is 27.1 Å². The number of aryl methyl sites for hydroxylation is 1. The summed E-state index contributed by atoms with van der Waals surface area (Å²) in [6, 6.07) is 8.10. The van der Waals surface area contributed by atoms with Gasteiger partial charge in [-0.2, -0.15) is 0 Å². The number of allylic oxidation sites excluding steroid dienone is 2. The molecule has 0 bridgehead atoms. The lowest BCUT2D eigenvalue weighted by Crippen LogP contribution is -2.27. The molecule has 2 rings (SSSR count). The second kappa shape index (κ2) is 7.48. The fourth-order valence-corrected chi connectivity index (χ4v) is 2.89. The molecule has 2 atom stereocenters. The molecule has 1 aromatic carbocycles. The molecule has 1 heterocycles. The minimum Gasteiger partial charge on any atom is -0.497 e. The van der Waals surface area contributed by atoms with Crippen molar-refractivity contribution in [2.24, 2.45) is 0 Å². The van der Waals surface area contributed by atoms with Gasteiger partial charge in [0.25, 0.3) is 0 Å². The van der Waals surface area contributed by atoms with Crippen molar-refractivity contribution in [2.75, 3.05) is 0 Å². The molecule has 25 heavy (non-hydrogen) atoms. The van der Waals surface area contributed by atoms with Crippen molar-refractivity contribution in [3.05, 3.63) is 60.2 Å². The number of nitrogens with zero attached hydrogens (tertiary/aromatic N) is 2. The average molecular weight is 372 g/mol. The zero-order chi connectivity index (χ0) is 18.8. The number of benzene rings is 1. The summed E-state index contributed by atoms with van der Waals surface area (Å²) < 4.78 is 8.00. The SMILES string of the molecule is BC(C)(C)Oc1ccc(/C(C=C)=C/n2c(C)cnc2C(C)(P)P)cc1. The average Bonchev–Trinajstić information content (AvgIpc) is 2.85. The van der Waals surface area contributed by atoms with Crippen molar-refractivity contribution >= 4 is 38.1 Å². The van der Waals surface area contributed by atoms with Crippen molar-refractivity contribution in [3.8, 4) is 5.75 Å². The normalized spacial score (nSPS) is 13.0. The van der Waals surface area contributed by atoms with Crippen molar-refractivity contribution in [1.82, 2.24) is 9.55 Å². The van der Waals surface area contributed by atoms with Gasteiger partial charge < -0.3 is 9.30 Å². The van der Waals surface area contributed by atoms with E-state index >= 15 is 0 Å². The largest absolute Gasteiger partial charge is 0.497 e. The molecule has 0 aliphatic rings. The Labute approximate surface area is 156 Å². The Balaban J connectivity index is 2.39. The third kappa shape index (κ3) is 5.30. The molecule has 0 amide bonds. The van der Waals surface area contributed by atoms with Gasteiger partial charge in [0, 0.05) is 18.1 Å². The van der Waals surface area contributed by atoms with Gasteiger partial charge in [0.1, 0.15) is 11.6 Å². The summed E-state index contributed by atoms with van der Waals surface area (Å²) >= 11 is 0. The van der Waals surface area contributed by atoms with Gasteiger partial charge in [0.2, 0.25) is 0 Å². The molecule has 0 spiro atoms. The monoisotopic (exact) mass is 372 g/mol. The first kappa shape index (κ1) is 20.0. The van der Waals surface area contributed by atoms with Crippen LogP contribution in [0, 0.1) is 6.92 Å². The Bertz CT molecular complexity index is 781. The number of hydrogen-bond donors (Lipinski definition) is 0. The fourth-order valence-electron chi connectivity index (χ4n) is 2.46. The number of ether oxygens (including phenoxy) is 1. The Hall–Kier alpha value is -1.37. The van der Waals surface area contributed by atoms with Crippen LogP contribution in [-0.4, -0.2) is 22.9 Å². The highest BCUT2D eigenvalue weighted by Gasteiger charge is 2.21. The van der Waals surface area contributed by atoms with Crippen LogP contribution in [0.25, 0.3) is 11.8 Å². The van der Waals surface area contributed by atoms with Crippen LogP contribution in [0.2, 0.25) is 0 Å². The minimum atomic E-state index is -0.205. The van der Waals surface area contributed by atoms with Gasteiger partial charge in [-0.3, -0.25) is 0 Å². The summed E-state index contributed by atoms with van der Waals surface area (Å²) in [5.74, 6) is 1.83. The van der Waals surface area contributed by atoms with Crippen molar-refractivity contribution < 1.29 is 4.74 Å². The van der Waals surface area contributed by atoms with Crippen LogP contribution >= 0.6 is 18.5 Å². The van der Waals surface area contributed by atoms with E-state index in [2.05, 4.69) is 66.8 Å². The van der Waals surface area contributed by atoms with E-state index in [4.69, 9.17) is 4.74 Å². The highest BCUT2D eigenvalue weighted by atomic mass is 31.1. The molecule has 6 heteroatoms. The first-order valence-electron chi connectivity index (χ1n) is 8.27. The zero-order valence-corrected chi connectivity index (χ0v) is 18.0. The highest BCUT2D eigenvalue weighted by molar-refractivity contribution is 7.38. The maximum atomic E-state index is 5.89. The van der Waals surface area contributed by atoms with E-state index in [1.54, 1.807) is 0 Å². The van der Waals surface area contributed by atoms with E-state index in [0.29, 0.717) is 0 Å². The Kier molecular flexibility index (Phi) is 5.97. The Morgan fingerprint density at radius 3 is 2.32 bits per heavy atom. The number of rotatable bonds is 6. The standard InChI is InChI=1S/C19H27BN2OP2/c1-6-14(12-22-13(2)11-21-17(22)19(5,24)25)15-7-9-16(10-8-15)23-18(3,4)20/h6-12H,1,20,24-25H2,2-5H3/b14-12+. The molecular formula is C19H27BN2OP2.